The van der Waals surface area contributed by atoms with Gasteiger partial charge in [-0.15, -0.1) is 0 Å². The molecule has 0 aromatic heterocycles. The van der Waals surface area contributed by atoms with Crippen LogP contribution in [0.4, 0.5) is 0 Å². The molecule has 0 heterocycles. The maximum absolute atomic E-state index is 10.8. The monoisotopic (exact) mass is 230 g/mol. The van der Waals surface area contributed by atoms with Gasteiger partial charge in [-0.2, -0.15) is 0 Å². The van der Waals surface area contributed by atoms with Crippen LogP contribution in [0.1, 0.15) is 27.7 Å². The summed E-state index contributed by atoms with van der Waals surface area (Å²) in [4.78, 5) is 19.8. The van der Waals surface area contributed by atoms with Gasteiger partial charge in [0.15, 0.2) is 0 Å². The smallest absolute Gasteiger partial charge is 0.300 e. The maximum Gasteiger partial charge on any atom is 0.300 e. The molecule has 0 saturated carbocycles. The van der Waals surface area contributed by atoms with E-state index in [1.165, 1.54) is 6.08 Å². The van der Waals surface area contributed by atoms with E-state index in [2.05, 4.69) is 11.9 Å². The predicted octanol–water partition coefficient (Wildman–Crippen LogP) is 0.753. The topological polar surface area (TPSA) is 92.4 Å². The van der Waals surface area contributed by atoms with Crippen LogP contribution in [-0.2, 0) is 9.59 Å². The summed E-state index contributed by atoms with van der Waals surface area (Å²) in [6, 6.07) is 0. The molecule has 94 valence electrons. The highest BCUT2D eigenvalue weighted by Crippen LogP contribution is 2.10. The van der Waals surface area contributed by atoms with Crippen molar-refractivity contribution in [3.8, 4) is 0 Å². The molecule has 0 rings (SSSR count). The Morgan fingerprint density at radius 1 is 1.56 bits per heavy atom. The van der Waals surface area contributed by atoms with Crippen LogP contribution in [0.3, 0.4) is 0 Å². The zero-order valence-corrected chi connectivity index (χ0v) is 10.4. The highest BCUT2D eigenvalue weighted by Gasteiger charge is 2.20. The van der Waals surface area contributed by atoms with E-state index in [1.807, 2.05) is 20.8 Å². The fraction of sp³-hybridized carbons (Fsp3) is 0.636. The van der Waals surface area contributed by atoms with Crippen LogP contribution in [0.25, 0.3) is 0 Å². The van der Waals surface area contributed by atoms with Crippen molar-refractivity contribution < 1.29 is 14.7 Å². The van der Waals surface area contributed by atoms with E-state index >= 15 is 0 Å². The summed E-state index contributed by atoms with van der Waals surface area (Å²) in [6.07, 6.45) is 1.26. The summed E-state index contributed by atoms with van der Waals surface area (Å²) in [6.45, 7) is 10.9. The lowest BCUT2D eigenvalue weighted by Gasteiger charge is -2.26. The SMILES string of the molecule is C=CC(=O)NCC(C)C(C)(C)N.CC(=O)O. The number of hydrogen-bond acceptors (Lipinski definition) is 3. The Morgan fingerprint density at radius 3 is 2.19 bits per heavy atom. The lowest BCUT2D eigenvalue weighted by molar-refractivity contribution is -0.134. The minimum Gasteiger partial charge on any atom is -0.481 e. The quantitative estimate of drug-likeness (QED) is 0.621. The molecule has 0 aliphatic rings. The predicted molar refractivity (Wildman–Crippen MR) is 63.9 cm³/mol. The molecule has 1 atom stereocenters. The van der Waals surface area contributed by atoms with Crippen molar-refractivity contribution >= 4 is 11.9 Å². The highest BCUT2D eigenvalue weighted by atomic mass is 16.4. The number of nitrogens with two attached hydrogens (primary N) is 1. The molecule has 0 aliphatic heterocycles. The number of amides is 1. The van der Waals surface area contributed by atoms with E-state index in [-0.39, 0.29) is 17.4 Å². The van der Waals surface area contributed by atoms with Crippen LogP contribution >= 0.6 is 0 Å². The number of hydrogen-bond donors (Lipinski definition) is 3. The fourth-order valence-electron chi connectivity index (χ4n) is 0.589. The zero-order valence-electron chi connectivity index (χ0n) is 10.4. The zero-order chi connectivity index (χ0) is 13.4. The molecule has 1 unspecified atom stereocenters. The van der Waals surface area contributed by atoms with E-state index in [1.54, 1.807) is 0 Å². The molecule has 0 aromatic carbocycles. The van der Waals surface area contributed by atoms with Gasteiger partial charge < -0.3 is 16.2 Å². The maximum atomic E-state index is 10.8. The Morgan fingerprint density at radius 2 is 1.94 bits per heavy atom. The van der Waals surface area contributed by atoms with Crippen LogP contribution < -0.4 is 11.1 Å². The normalized spacial score (nSPS) is 11.8. The minimum absolute atomic E-state index is 0.147. The van der Waals surface area contributed by atoms with Crippen LogP contribution in [0.2, 0.25) is 0 Å². The van der Waals surface area contributed by atoms with Crippen LogP contribution in [0.15, 0.2) is 12.7 Å². The first-order valence-electron chi connectivity index (χ1n) is 5.00. The van der Waals surface area contributed by atoms with Gasteiger partial charge in [0.1, 0.15) is 0 Å². The molecule has 0 spiro atoms. The van der Waals surface area contributed by atoms with Gasteiger partial charge in [-0.1, -0.05) is 13.5 Å². The number of carbonyl (C=O) groups excluding carboxylic acids is 1. The Balaban J connectivity index is 0. The van der Waals surface area contributed by atoms with Gasteiger partial charge in [-0.3, -0.25) is 9.59 Å². The van der Waals surface area contributed by atoms with Crippen molar-refractivity contribution in [3.63, 3.8) is 0 Å². The molecule has 5 heteroatoms. The highest BCUT2D eigenvalue weighted by molar-refractivity contribution is 5.86. The lowest BCUT2D eigenvalue weighted by atomic mass is 9.90. The van der Waals surface area contributed by atoms with Gasteiger partial charge >= 0.3 is 0 Å². The number of carboxylic acid groups (broad SMARTS) is 1. The summed E-state index contributed by atoms with van der Waals surface area (Å²) in [5.41, 5.74) is 5.57. The van der Waals surface area contributed by atoms with Gasteiger partial charge in [-0.25, -0.2) is 0 Å². The van der Waals surface area contributed by atoms with Gasteiger partial charge in [0.05, 0.1) is 0 Å². The number of aliphatic carboxylic acids is 1. The summed E-state index contributed by atoms with van der Waals surface area (Å²) >= 11 is 0. The lowest BCUT2D eigenvalue weighted by Crippen LogP contribution is -2.44. The van der Waals surface area contributed by atoms with Crippen LogP contribution in [0, 0.1) is 5.92 Å². The van der Waals surface area contributed by atoms with Crippen molar-refractivity contribution in [1.82, 2.24) is 5.32 Å². The molecule has 5 nitrogen and oxygen atoms in total. The van der Waals surface area contributed by atoms with Crippen LogP contribution in [0.5, 0.6) is 0 Å². The number of rotatable bonds is 4. The Kier molecular flexibility index (Phi) is 8.39. The summed E-state index contributed by atoms with van der Waals surface area (Å²) < 4.78 is 0. The first kappa shape index (κ1) is 17.0. The van der Waals surface area contributed by atoms with Gasteiger partial charge in [0.2, 0.25) is 5.91 Å². The molecule has 0 aliphatic carbocycles. The minimum atomic E-state index is -0.833. The van der Waals surface area contributed by atoms with E-state index < -0.39 is 5.97 Å². The average Bonchev–Trinajstić information content (AvgIpc) is 2.10. The van der Waals surface area contributed by atoms with Crippen molar-refractivity contribution in [1.29, 1.82) is 0 Å². The van der Waals surface area contributed by atoms with Gasteiger partial charge in [-0.05, 0) is 25.8 Å². The van der Waals surface area contributed by atoms with Crippen molar-refractivity contribution in [2.75, 3.05) is 6.54 Å². The largest absolute Gasteiger partial charge is 0.481 e. The third-order valence-electron chi connectivity index (χ3n) is 2.04. The molecule has 0 radical (unpaired) electrons. The molecule has 0 aromatic rings. The summed E-state index contributed by atoms with van der Waals surface area (Å²) in [7, 11) is 0. The van der Waals surface area contributed by atoms with Crippen LogP contribution in [-0.4, -0.2) is 29.1 Å². The number of nitrogens with one attached hydrogen (secondary N) is 1. The molecule has 4 N–H and O–H groups in total. The third-order valence-corrected chi connectivity index (χ3v) is 2.04. The second-order valence-corrected chi connectivity index (χ2v) is 4.19. The van der Waals surface area contributed by atoms with Gasteiger partial charge in [0, 0.05) is 19.0 Å². The molecule has 16 heavy (non-hydrogen) atoms. The summed E-state index contributed by atoms with van der Waals surface area (Å²) in [5, 5.41) is 10.1. The van der Waals surface area contributed by atoms with E-state index in [9.17, 15) is 4.79 Å². The Hall–Kier alpha value is -1.36. The third kappa shape index (κ3) is 12.6. The number of carbonyl (C=O) groups is 2. The average molecular weight is 230 g/mol. The first-order chi connectivity index (χ1) is 7.11. The molecular weight excluding hydrogens is 208 g/mol. The van der Waals surface area contributed by atoms with Crippen molar-refractivity contribution in [3.05, 3.63) is 12.7 Å². The Labute approximate surface area is 96.7 Å². The van der Waals surface area contributed by atoms with Gasteiger partial charge in [0.25, 0.3) is 5.97 Å². The summed E-state index contributed by atoms with van der Waals surface area (Å²) in [5.74, 6) is -0.729. The van der Waals surface area contributed by atoms with E-state index in [0.29, 0.717) is 6.54 Å². The second-order valence-electron chi connectivity index (χ2n) is 4.19. The molecule has 0 fully saturated rings. The van der Waals surface area contributed by atoms with E-state index in [0.717, 1.165) is 6.92 Å². The van der Waals surface area contributed by atoms with Crippen molar-refractivity contribution in [2.24, 2.45) is 11.7 Å². The Bertz CT molecular complexity index is 240. The standard InChI is InChI=1S/C9H18N2O.C2H4O2/c1-5-8(12)11-6-7(2)9(3,4)10;1-2(3)4/h5,7H,1,6,10H2,2-4H3,(H,11,12);1H3,(H,3,4). The molecule has 0 saturated heterocycles. The molecular formula is C11H22N2O3. The molecule has 0 bridgehead atoms. The second kappa shape index (κ2) is 7.87. The first-order valence-corrected chi connectivity index (χ1v) is 5.00. The van der Waals surface area contributed by atoms with Crippen molar-refractivity contribution in [2.45, 2.75) is 33.2 Å². The number of carboxylic acids is 1. The van der Waals surface area contributed by atoms with E-state index in [4.69, 9.17) is 15.6 Å². The molecule has 1 amide bonds. The fourth-order valence-corrected chi connectivity index (χ4v) is 0.589.